The van der Waals surface area contributed by atoms with Crippen molar-refractivity contribution in [2.75, 3.05) is 79.0 Å². The summed E-state index contributed by atoms with van der Waals surface area (Å²) in [5.41, 5.74) is 0. The highest BCUT2D eigenvalue weighted by Crippen LogP contribution is 1.81. The molecule has 1 fully saturated rings. The van der Waals surface area contributed by atoms with Gasteiger partial charge in [-0.3, -0.25) is 0 Å². The molecule has 0 amide bonds. The summed E-state index contributed by atoms with van der Waals surface area (Å²) < 4.78 is 36.8. The van der Waals surface area contributed by atoms with E-state index in [0.29, 0.717) is 79.0 Å². The summed E-state index contributed by atoms with van der Waals surface area (Å²) in [6.07, 6.45) is 0. The van der Waals surface area contributed by atoms with Crippen LogP contribution in [0.1, 0.15) is 0 Å². The molecule has 108 valence electrons. The molecule has 1 aliphatic heterocycles. The van der Waals surface area contributed by atoms with Gasteiger partial charge in [0.2, 0.25) is 0 Å². The van der Waals surface area contributed by atoms with Gasteiger partial charge in [-0.15, -0.1) is 0 Å². The third-order valence-electron chi connectivity index (χ3n) is 2.32. The largest absolute Gasteiger partial charge is 0.378 e. The van der Waals surface area contributed by atoms with Crippen molar-refractivity contribution in [1.29, 1.82) is 0 Å². The van der Waals surface area contributed by atoms with Crippen molar-refractivity contribution in [2.45, 2.75) is 0 Å². The van der Waals surface area contributed by atoms with Gasteiger partial charge in [0.25, 0.3) is 0 Å². The molecule has 0 aromatic carbocycles. The predicted octanol–water partition coefficient (Wildman–Crippen LogP) is -0.754. The molecule has 0 aromatic rings. The molecule has 2 N–H and O–H groups in total. The number of hydrogen-bond acceptors (Lipinski definition) is 6. The monoisotopic (exact) mass is 264 g/mol. The standard InChI is InChI=1S/C12H26N2O4/c1-5-15-9-10-17-7-3-14-4-8-18-12-11-16-6-2-13-1/h13-14H,1-12H2/i/hD2. The average Bonchev–Trinajstić information content (AvgIpc) is 2.43. The molecule has 0 saturated carbocycles. The van der Waals surface area contributed by atoms with Crippen LogP contribution in [0.2, 0.25) is 2.82 Å². The lowest BCUT2D eigenvalue weighted by Gasteiger charge is -2.10. The first kappa shape index (κ1) is 12.8. The van der Waals surface area contributed by atoms with E-state index in [4.69, 9.17) is 21.8 Å². The Balaban J connectivity index is 2.16. The summed E-state index contributed by atoms with van der Waals surface area (Å²) in [6.45, 7) is 6.36. The van der Waals surface area contributed by atoms with Crippen LogP contribution in [-0.4, -0.2) is 79.0 Å². The van der Waals surface area contributed by atoms with Gasteiger partial charge in [-0.1, -0.05) is 0 Å². The number of hydrogen-bond donors (Lipinski definition) is 2. The van der Waals surface area contributed by atoms with Crippen molar-refractivity contribution in [1.82, 2.24) is 10.6 Å². The molecule has 0 atom stereocenters. The van der Waals surface area contributed by atoms with E-state index in [1.54, 1.807) is 0 Å². The van der Waals surface area contributed by atoms with Crippen LogP contribution < -0.4 is 10.6 Å². The molecule has 0 aliphatic carbocycles. The highest BCUT2D eigenvalue weighted by Gasteiger charge is 1.94. The normalized spacial score (nSPS) is 27.8. The van der Waals surface area contributed by atoms with Crippen LogP contribution in [0.5, 0.6) is 0 Å². The molecule has 0 bridgehead atoms. The Bertz CT molecular complexity index is 186. The Hall–Kier alpha value is -0.240. The molecule has 1 saturated heterocycles. The first-order valence-corrected chi connectivity index (χ1v) is 6.57. The molecule has 6 nitrogen and oxygen atoms in total. The van der Waals surface area contributed by atoms with E-state index in [9.17, 15) is 0 Å². The molecule has 1 rings (SSSR count). The molecule has 18 heavy (non-hydrogen) atoms. The number of rotatable bonds is 0. The van der Waals surface area contributed by atoms with Gasteiger partial charge in [0.05, 0.1) is 52.9 Å². The lowest BCUT2D eigenvalue weighted by molar-refractivity contribution is 0.0383. The third kappa shape index (κ3) is 10.9. The minimum Gasteiger partial charge on any atom is -0.378 e. The average molecular weight is 264 g/mol. The van der Waals surface area contributed by atoms with Crippen molar-refractivity contribution in [3.05, 3.63) is 0 Å². The van der Waals surface area contributed by atoms with E-state index in [1.807, 2.05) is 0 Å². The van der Waals surface area contributed by atoms with Gasteiger partial charge in [-0.2, -0.15) is 0 Å². The Kier molecular flexibility index (Phi) is 9.37. The van der Waals surface area contributed by atoms with Gasteiger partial charge in [0.1, 0.15) is 2.82 Å². The van der Waals surface area contributed by atoms with Gasteiger partial charge >= 0.3 is 0 Å². The van der Waals surface area contributed by atoms with E-state index in [0.717, 1.165) is 0 Å². The van der Waals surface area contributed by atoms with E-state index in [1.165, 1.54) is 10.6 Å². The second-order valence-electron chi connectivity index (χ2n) is 3.79. The fourth-order valence-electron chi connectivity index (χ4n) is 1.38. The van der Waals surface area contributed by atoms with Crippen LogP contribution in [0.3, 0.4) is 0 Å². The maximum atomic E-state index is 7.65. The van der Waals surface area contributed by atoms with E-state index >= 15 is 0 Å². The summed E-state index contributed by atoms with van der Waals surface area (Å²) >= 11 is 0. The maximum Gasteiger partial charge on any atom is 0.122 e. The molecule has 6 heteroatoms. The smallest absolute Gasteiger partial charge is 0.122 e. The molecule has 0 unspecified atom stereocenters. The van der Waals surface area contributed by atoms with Crippen molar-refractivity contribution in [3.63, 3.8) is 0 Å². The van der Waals surface area contributed by atoms with Crippen LogP contribution >= 0.6 is 0 Å². The van der Waals surface area contributed by atoms with Crippen LogP contribution in [0.4, 0.5) is 0 Å². The zero-order valence-electron chi connectivity index (χ0n) is 13.0. The highest BCUT2D eigenvalue weighted by molar-refractivity contribution is 4.47. The summed E-state index contributed by atoms with van der Waals surface area (Å²) in [6, 6.07) is 0. The van der Waals surface area contributed by atoms with Crippen LogP contribution in [0, 0.1) is 0 Å². The van der Waals surface area contributed by atoms with Gasteiger partial charge in [0.15, 0.2) is 0 Å². The van der Waals surface area contributed by atoms with Crippen molar-refractivity contribution >= 4 is 0 Å². The van der Waals surface area contributed by atoms with Crippen molar-refractivity contribution < 1.29 is 21.8 Å². The fourth-order valence-corrected chi connectivity index (χ4v) is 1.38. The highest BCUT2D eigenvalue weighted by atomic mass is 16.5. The van der Waals surface area contributed by atoms with Crippen LogP contribution in [0.25, 0.3) is 0 Å². The minimum absolute atomic E-state index is 0.514. The van der Waals surface area contributed by atoms with E-state index < -0.39 is 0 Å². The quantitative estimate of drug-likeness (QED) is 0.600. The van der Waals surface area contributed by atoms with Gasteiger partial charge in [-0.05, 0) is 0 Å². The van der Waals surface area contributed by atoms with Crippen molar-refractivity contribution in [2.24, 2.45) is 0 Å². The van der Waals surface area contributed by atoms with E-state index in [2.05, 4.69) is 0 Å². The molecular formula is C12H26N2O4. The number of ether oxygens (including phenoxy) is 4. The fraction of sp³-hybridized carbons (Fsp3) is 1.00. The zero-order valence-corrected chi connectivity index (χ0v) is 11.0. The first-order valence-electron chi connectivity index (χ1n) is 7.47. The first-order chi connectivity index (χ1) is 9.79. The minimum atomic E-state index is 0.514. The molecule has 0 aromatic heterocycles. The summed E-state index contributed by atoms with van der Waals surface area (Å²) in [4.78, 5) is 0. The molecular weight excluding hydrogens is 236 g/mol. The Morgan fingerprint density at radius 2 is 0.778 bits per heavy atom. The molecule has 0 radical (unpaired) electrons. The Morgan fingerprint density at radius 3 is 1.06 bits per heavy atom. The SMILES string of the molecule is [2H]N1CCOCCOCCN([2H])CCOCCOCC1. The van der Waals surface area contributed by atoms with Gasteiger partial charge in [-0.25, -0.2) is 0 Å². The molecule has 1 heterocycles. The third-order valence-corrected chi connectivity index (χ3v) is 2.32. The lowest BCUT2D eigenvalue weighted by Crippen LogP contribution is -2.27. The Labute approximate surface area is 112 Å². The summed E-state index contributed by atoms with van der Waals surface area (Å²) in [5.74, 6) is 0. The Morgan fingerprint density at radius 1 is 0.500 bits per heavy atom. The lowest BCUT2D eigenvalue weighted by atomic mass is 10.6. The van der Waals surface area contributed by atoms with Gasteiger partial charge < -0.3 is 29.6 Å². The second kappa shape index (κ2) is 13.2. The van der Waals surface area contributed by atoms with Gasteiger partial charge in [0, 0.05) is 26.2 Å². The second-order valence-corrected chi connectivity index (χ2v) is 3.79. The predicted molar refractivity (Wildman–Crippen MR) is 69.0 cm³/mol. The maximum absolute atomic E-state index is 7.65. The number of nitrogens with one attached hydrogen (secondary N) is 2. The molecule has 0 spiro atoms. The topological polar surface area (TPSA) is 61.0 Å². The van der Waals surface area contributed by atoms with Crippen LogP contribution in [0.15, 0.2) is 0 Å². The van der Waals surface area contributed by atoms with E-state index in [-0.39, 0.29) is 0 Å². The zero-order chi connectivity index (χ0) is 14.5. The van der Waals surface area contributed by atoms with Crippen molar-refractivity contribution in [3.8, 4) is 0 Å². The summed E-state index contributed by atoms with van der Waals surface area (Å²) in [7, 11) is 0. The van der Waals surface area contributed by atoms with Crippen LogP contribution in [-0.2, 0) is 18.9 Å². The molecule has 1 aliphatic rings. The summed E-state index contributed by atoms with van der Waals surface area (Å²) in [5, 5.41) is 2.87.